The summed E-state index contributed by atoms with van der Waals surface area (Å²) in [5, 5.41) is 4.36. The van der Waals surface area contributed by atoms with Crippen molar-refractivity contribution in [1.82, 2.24) is 19.2 Å². The Kier molecular flexibility index (Phi) is 3.89. The molecule has 1 aromatic rings. The average Bonchev–Trinajstić information content (AvgIpc) is 2.67. The predicted molar refractivity (Wildman–Crippen MR) is 74.5 cm³/mol. The summed E-state index contributed by atoms with van der Waals surface area (Å²) in [6, 6.07) is 0. The third-order valence-electron chi connectivity index (χ3n) is 4.28. The van der Waals surface area contributed by atoms with Crippen molar-refractivity contribution in [2.24, 2.45) is 0 Å². The topological polar surface area (TPSA) is 60.1 Å². The van der Waals surface area contributed by atoms with E-state index in [1.54, 1.807) is 4.57 Å². The fraction of sp³-hybridized carbons (Fsp3) is 0.786. The molecule has 0 atom stereocenters. The van der Waals surface area contributed by atoms with E-state index in [1.165, 1.54) is 11.1 Å². The average molecular weight is 278 g/mol. The quantitative estimate of drug-likeness (QED) is 0.803. The highest BCUT2D eigenvalue weighted by atomic mass is 16.2. The molecule has 0 unspecified atom stereocenters. The number of carbonyl (C=O) groups is 1. The Balaban J connectivity index is 1.74. The Morgan fingerprint density at radius 1 is 1.00 bits per heavy atom. The molecule has 2 aliphatic rings. The largest absolute Gasteiger partial charge is 0.346 e. The second-order valence-electron chi connectivity index (χ2n) is 5.76. The monoisotopic (exact) mass is 278 g/mol. The van der Waals surface area contributed by atoms with Gasteiger partial charge in [0.15, 0.2) is 0 Å². The van der Waals surface area contributed by atoms with Gasteiger partial charge in [0, 0.05) is 26.1 Å². The second kappa shape index (κ2) is 5.81. The number of piperidine rings is 1. The molecular weight excluding hydrogens is 256 g/mol. The van der Waals surface area contributed by atoms with Crippen molar-refractivity contribution in [1.29, 1.82) is 0 Å². The predicted octanol–water partition coefficient (Wildman–Crippen LogP) is 0.784. The van der Waals surface area contributed by atoms with Crippen molar-refractivity contribution in [2.45, 2.75) is 58.0 Å². The number of amides is 1. The van der Waals surface area contributed by atoms with Gasteiger partial charge in [-0.05, 0) is 32.1 Å². The summed E-state index contributed by atoms with van der Waals surface area (Å²) in [6.45, 7) is 2.48. The zero-order chi connectivity index (χ0) is 13.9. The van der Waals surface area contributed by atoms with E-state index in [1.807, 2.05) is 4.90 Å². The Morgan fingerprint density at radius 2 is 1.70 bits per heavy atom. The molecule has 110 valence electrons. The fourth-order valence-corrected chi connectivity index (χ4v) is 3.10. The molecule has 1 fully saturated rings. The molecule has 1 amide bonds. The summed E-state index contributed by atoms with van der Waals surface area (Å²) < 4.78 is 3.11. The molecule has 0 spiro atoms. The Hall–Kier alpha value is -1.59. The standard InChI is InChI=1S/C14H22N4O2/c19-13(16-8-4-2-5-9-16)11-18-14(20)17-10-6-1-3-7-12(17)15-18/h1-11H2. The van der Waals surface area contributed by atoms with Crippen LogP contribution in [0.15, 0.2) is 4.79 Å². The van der Waals surface area contributed by atoms with Crippen LogP contribution in [0.5, 0.6) is 0 Å². The number of fused-ring (bicyclic) bond motifs is 1. The molecule has 0 radical (unpaired) electrons. The number of hydrogen-bond acceptors (Lipinski definition) is 3. The maximum Gasteiger partial charge on any atom is 0.346 e. The van der Waals surface area contributed by atoms with E-state index in [0.29, 0.717) is 0 Å². The molecule has 0 aromatic carbocycles. The van der Waals surface area contributed by atoms with Crippen LogP contribution in [0, 0.1) is 0 Å². The minimum Gasteiger partial charge on any atom is -0.341 e. The maximum atomic E-state index is 12.3. The van der Waals surface area contributed by atoms with Crippen LogP contribution in [-0.2, 0) is 24.3 Å². The van der Waals surface area contributed by atoms with Crippen molar-refractivity contribution < 1.29 is 4.79 Å². The van der Waals surface area contributed by atoms with Crippen molar-refractivity contribution >= 4 is 5.91 Å². The SMILES string of the molecule is O=C(Cn1nc2n(c1=O)CCCCC2)N1CCCCC1. The lowest BCUT2D eigenvalue weighted by molar-refractivity contribution is -0.133. The summed E-state index contributed by atoms with van der Waals surface area (Å²) in [4.78, 5) is 26.4. The number of carbonyl (C=O) groups excluding carboxylic acids is 1. The first-order valence-electron chi connectivity index (χ1n) is 7.70. The Bertz CT molecular complexity index is 540. The second-order valence-corrected chi connectivity index (χ2v) is 5.76. The van der Waals surface area contributed by atoms with Gasteiger partial charge in [-0.3, -0.25) is 9.36 Å². The lowest BCUT2D eigenvalue weighted by Crippen LogP contribution is -2.40. The zero-order valence-electron chi connectivity index (χ0n) is 11.9. The van der Waals surface area contributed by atoms with Crippen LogP contribution in [-0.4, -0.2) is 38.2 Å². The highest BCUT2D eigenvalue weighted by Gasteiger charge is 2.21. The number of aryl methyl sites for hydroxylation is 1. The summed E-state index contributed by atoms with van der Waals surface area (Å²) >= 11 is 0. The highest BCUT2D eigenvalue weighted by Crippen LogP contribution is 2.11. The summed E-state index contributed by atoms with van der Waals surface area (Å²) in [6.07, 6.45) is 7.44. The minimum absolute atomic E-state index is 0.0278. The van der Waals surface area contributed by atoms with Gasteiger partial charge in [-0.2, -0.15) is 5.10 Å². The number of likely N-dealkylation sites (tertiary alicyclic amines) is 1. The third-order valence-corrected chi connectivity index (χ3v) is 4.28. The fourth-order valence-electron chi connectivity index (χ4n) is 3.10. The molecule has 2 aliphatic heterocycles. The van der Waals surface area contributed by atoms with E-state index < -0.39 is 0 Å². The molecule has 20 heavy (non-hydrogen) atoms. The van der Waals surface area contributed by atoms with Crippen LogP contribution in [0.4, 0.5) is 0 Å². The molecule has 0 N–H and O–H groups in total. The molecule has 0 bridgehead atoms. The van der Waals surface area contributed by atoms with Gasteiger partial charge in [-0.15, -0.1) is 0 Å². The van der Waals surface area contributed by atoms with Crippen LogP contribution in [0.25, 0.3) is 0 Å². The van der Waals surface area contributed by atoms with Gasteiger partial charge in [0.25, 0.3) is 0 Å². The maximum absolute atomic E-state index is 12.3. The number of rotatable bonds is 2. The van der Waals surface area contributed by atoms with Gasteiger partial charge in [0.1, 0.15) is 12.4 Å². The van der Waals surface area contributed by atoms with E-state index in [4.69, 9.17) is 0 Å². The van der Waals surface area contributed by atoms with Gasteiger partial charge in [0.2, 0.25) is 5.91 Å². The smallest absolute Gasteiger partial charge is 0.341 e. The highest BCUT2D eigenvalue weighted by molar-refractivity contribution is 5.75. The molecule has 1 aromatic heterocycles. The van der Waals surface area contributed by atoms with Crippen molar-refractivity contribution in [2.75, 3.05) is 13.1 Å². The molecule has 0 aliphatic carbocycles. The summed E-state index contributed by atoms with van der Waals surface area (Å²) in [5.74, 6) is 0.874. The van der Waals surface area contributed by atoms with Crippen LogP contribution in [0.1, 0.15) is 44.3 Å². The van der Waals surface area contributed by atoms with E-state index in [2.05, 4.69) is 5.10 Å². The van der Waals surface area contributed by atoms with Crippen LogP contribution >= 0.6 is 0 Å². The van der Waals surface area contributed by atoms with Crippen LogP contribution < -0.4 is 5.69 Å². The minimum atomic E-state index is -0.118. The van der Waals surface area contributed by atoms with Gasteiger partial charge >= 0.3 is 5.69 Å². The van der Waals surface area contributed by atoms with Gasteiger partial charge in [0.05, 0.1) is 0 Å². The van der Waals surface area contributed by atoms with Gasteiger partial charge < -0.3 is 4.90 Å². The molecule has 6 nitrogen and oxygen atoms in total. The number of nitrogens with zero attached hydrogens (tertiary/aromatic N) is 4. The van der Waals surface area contributed by atoms with Crippen molar-refractivity contribution in [3.05, 3.63) is 16.3 Å². The molecule has 6 heteroatoms. The molecule has 1 saturated heterocycles. The molecular formula is C14H22N4O2. The first-order chi connectivity index (χ1) is 9.75. The molecule has 3 rings (SSSR count). The first-order valence-corrected chi connectivity index (χ1v) is 7.70. The lowest BCUT2D eigenvalue weighted by Gasteiger charge is -2.26. The van der Waals surface area contributed by atoms with Gasteiger partial charge in [-0.1, -0.05) is 6.42 Å². The van der Waals surface area contributed by atoms with Crippen molar-refractivity contribution in [3.63, 3.8) is 0 Å². The number of hydrogen-bond donors (Lipinski definition) is 0. The van der Waals surface area contributed by atoms with Crippen LogP contribution in [0.3, 0.4) is 0 Å². The normalized spacial score (nSPS) is 19.5. The van der Waals surface area contributed by atoms with E-state index >= 15 is 0 Å². The van der Waals surface area contributed by atoms with Gasteiger partial charge in [-0.25, -0.2) is 9.48 Å². The van der Waals surface area contributed by atoms with E-state index in [-0.39, 0.29) is 18.1 Å². The summed E-state index contributed by atoms with van der Waals surface area (Å²) in [5.41, 5.74) is -0.118. The molecule has 0 saturated carbocycles. The molecule has 3 heterocycles. The Morgan fingerprint density at radius 3 is 2.50 bits per heavy atom. The van der Waals surface area contributed by atoms with Crippen molar-refractivity contribution in [3.8, 4) is 0 Å². The number of aromatic nitrogens is 3. The zero-order valence-corrected chi connectivity index (χ0v) is 11.9. The lowest BCUT2D eigenvalue weighted by atomic mass is 10.1. The first kappa shape index (κ1) is 13.4. The van der Waals surface area contributed by atoms with E-state index in [0.717, 1.165) is 64.0 Å². The summed E-state index contributed by atoms with van der Waals surface area (Å²) in [7, 11) is 0. The third kappa shape index (κ3) is 2.64. The van der Waals surface area contributed by atoms with Crippen LogP contribution in [0.2, 0.25) is 0 Å². The Labute approximate surface area is 118 Å². The van der Waals surface area contributed by atoms with E-state index in [9.17, 15) is 9.59 Å².